The first-order chi connectivity index (χ1) is 13.5. The molecule has 2 aromatic heterocycles. The van der Waals surface area contributed by atoms with Crippen molar-refractivity contribution >= 4 is 67.2 Å². The summed E-state index contributed by atoms with van der Waals surface area (Å²) in [6, 6.07) is 12.4. The molecule has 9 heteroatoms. The molecule has 1 N–H and O–H groups in total. The molecular formula is C19H13ClFN3OS3. The van der Waals surface area contributed by atoms with Crippen LogP contribution in [-0.4, -0.2) is 16.1 Å². The number of aryl methyl sites for hydroxylation is 1. The van der Waals surface area contributed by atoms with Gasteiger partial charge in [-0.15, -0.1) is 21.5 Å². The summed E-state index contributed by atoms with van der Waals surface area (Å²) in [5.74, 6) is 0.0400. The van der Waals surface area contributed by atoms with Crippen molar-refractivity contribution in [1.29, 1.82) is 0 Å². The first-order valence-electron chi connectivity index (χ1n) is 8.21. The third kappa shape index (κ3) is 4.05. The third-order valence-corrected chi connectivity index (χ3v) is 7.71. The number of benzene rings is 2. The summed E-state index contributed by atoms with van der Waals surface area (Å²) in [4.78, 5) is 12.9. The van der Waals surface area contributed by atoms with Crippen LogP contribution < -0.4 is 5.32 Å². The van der Waals surface area contributed by atoms with Crippen LogP contribution in [0.1, 0.15) is 20.8 Å². The van der Waals surface area contributed by atoms with E-state index in [1.807, 2.05) is 12.1 Å². The molecule has 0 atom stereocenters. The average Bonchev–Trinajstić information content (AvgIpc) is 3.25. The van der Waals surface area contributed by atoms with Gasteiger partial charge in [-0.25, -0.2) is 4.39 Å². The lowest BCUT2D eigenvalue weighted by Crippen LogP contribution is -2.10. The molecule has 1 amide bonds. The summed E-state index contributed by atoms with van der Waals surface area (Å²) in [5.41, 5.74) is 2.46. The Labute approximate surface area is 177 Å². The topological polar surface area (TPSA) is 54.9 Å². The van der Waals surface area contributed by atoms with E-state index < -0.39 is 0 Å². The molecule has 2 aromatic carbocycles. The molecule has 2 heterocycles. The minimum absolute atomic E-state index is 0.316. The zero-order valence-electron chi connectivity index (χ0n) is 14.5. The van der Waals surface area contributed by atoms with Gasteiger partial charge in [0, 0.05) is 15.8 Å². The van der Waals surface area contributed by atoms with Crippen molar-refractivity contribution < 1.29 is 9.18 Å². The van der Waals surface area contributed by atoms with Gasteiger partial charge in [-0.2, -0.15) is 0 Å². The van der Waals surface area contributed by atoms with Crippen LogP contribution in [0, 0.1) is 12.7 Å². The molecule has 4 nitrogen and oxygen atoms in total. The lowest BCUT2D eigenvalue weighted by atomic mass is 10.1. The minimum Gasteiger partial charge on any atom is -0.296 e. The molecule has 0 aliphatic heterocycles. The lowest BCUT2D eigenvalue weighted by molar-refractivity contribution is 0.103. The molecule has 0 bridgehead atoms. The van der Waals surface area contributed by atoms with Gasteiger partial charge in [0.2, 0.25) is 5.13 Å². The summed E-state index contributed by atoms with van der Waals surface area (Å²) in [6.07, 6.45) is 0. The summed E-state index contributed by atoms with van der Waals surface area (Å²) in [5, 5.41) is 12.3. The number of carbonyl (C=O) groups excluding carboxylic acids is 1. The van der Waals surface area contributed by atoms with Crippen molar-refractivity contribution in [3.05, 3.63) is 69.3 Å². The SMILES string of the molecule is Cc1ccccc1CSc1nnc(NC(=O)c2sc3cc(F)ccc3c2Cl)s1. The van der Waals surface area contributed by atoms with Gasteiger partial charge in [-0.05, 0) is 36.2 Å². The van der Waals surface area contributed by atoms with Crippen LogP contribution in [0.5, 0.6) is 0 Å². The van der Waals surface area contributed by atoms with Gasteiger partial charge in [0.15, 0.2) is 4.34 Å². The summed E-state index contributed by atoms with van der Waals surface area (Å²) >= 11 is 10.3. The summed E-state index contributed by atoms with van der Waals surface area (Å²) in [7, 11) is 0. The number of nitrogens with zero attached hydrogens (tertiary/aromatic N) is 2. The van der Waals surface area contributed by atoms with Crippen LogP contribution in [0.25, 0.3) is 10.1 Å². The molecule has 0 saturated heterocycles. The fourth-order valence-electron chi connectivity index (χ4n) is 2.57. The second-order valence-electron chi connectivity index (χ2n) is 5.93. The Kier molecular flexibility index (Phi) is 5.63. The highest BCUT2D eigenvalue weighted by molar-refractivity contribution is 8.00. The zero-order chi connectivity index (χ0) is 19.7. The van der Waals surface area contributed by atoms with Gasteiger partial charge in [0.05, 0.1) is 5.02 Å². The molecule has 0 spiro atoms. The second kappa shape index (κ2) is 8.16. The van der Waals surface area contributed by atoms with E-state index in [1.54, 1.807) is 17.8 Å². The van der Waals surface area contributed by atoms with Crippen LogP contribution in [0.3, 0.4) is 0 Å². The predicted octanol–water partition coefficient (Wildman–Crippen LogP) is 6.40. The fourth-order valence-corrected chi connectivity index (χ4v) is 5.83. The van der Waals surface area contributed by atoms with Crippen LogP contribution in [0.2, 0.25) is 5.02 Å². The molecule has 4 aromatic rings. The molecule has 28 heavy (non-hydrogen) atoms. The normalized spacial score (nSPS) is 11.1. The molecule has 0 unspecified atom stereocenters. The maximum Gasteiger partial charge on any atom is 0.269 e. The highest BCUT2D eigenvalue weighted by Gasteiger charge is 2.19. The maximum absolute atomic E-state index is 13.4. The molecule has 0 saturated carbocycles. The number of hydrogen-bond donors (Lipinski definition) is 1. The standard InChI is InChI=1S/C19H13ClFN3OS3/c1-10-4-2-3-5-11(10)9-26-19-24-23-18(28-19)22-17(25)16-15(20)13-7-6-12(21)8-14(13)27-16/h2-8H,9H2,1H3,(H,22,23,25). The number of thiophene rings is 1. The van der Waals surface area contributed by atoms with Crippen molar-refractivity contribution in [2.45, 2.75) is 17.0 Å². The number of thioether (sulfide) groups is 1. The highest BCUT2D eigenvalue weighted by atomic mass is 35.5. The van der Waals surface area contributed by atoms with E-state index in [0.717, 1.165) is 21.4 Å². The van der Waals surface area contributed by atoms with E-state index >= 15 is 0 Å². The smallest absolute Gasteiger partial charge is 0.269 e. The Hall–Kier alpha value is -2.00. The Morgan fingerprint density at radius 2 is 2.04 bits per heavy atom. The molecular weight excluding hydrogens is 437 g/mol. The van der Waals surface area contributed by atoms with Gasteiger partial charge in [-0.3, -0.25) is 10.1 Å². The Bertz CT molecular complexity index is 1170. The van der Waals surface area contributed by atoms with Crippen molar-refractivity contribution in [2.75, 3.05) is 5.32 Å². The molecule has 0 aliphatic rings. The zero-order valence-corrected chi connectivity index (χ0v) is 17.7. The predicted molar refractivity (Wildman–Crippen MR) is 115 cm³/mol. The Morgan fingerprint density at radius 1 is 1.21 bits per heavy atom. The third-order valence-electron chi connectivity index (χ3n) is 4.04. The van der Waals surface area contributed by atoms with Crippen LogP contribution in [0.4, 0.5) is 9.52 Å². The average molecular weight is 450 g/mol. The Morgan fingerprint density at radius 3 is 2.86 bits per heavy atom. The van der Waals surface area contributed by atoms with Crippen molar-refractivity contribution in [3.8, 4) is 0 Å². The number of nitrogens with one attached hydrogen (secondary N) is 1. The number of rotatable bonds is 5. The minimum atomic E-state index is -0.377. The van der Waals surface area contributed by atoms with Crippen molar-refractivity contribution in [3.63, 3.8) is 0 Å². The number of halogens is 2. The van der Waals surface area contributed by atoms with Crippen LogP contribution in [0.15, 0.2) is 46.8 Å². The van der Waals surface area contributed by atoms with Crippen LogP contribution >= 0.6 is 46.0 Å². The van der Waals surface area contributed by atoms with E-state index in [1.165, 1.54) is 34.6 Å². The number of amides is 1. The molecule has 142 valence electrons. The number of anilines is 1. The van der Waals surface area contributed by atoms with Crippen molar-refractivity contribution in [2.24, 2.45) is 0 Å². The summed E-state index contributed by atoms with van der Waals surface area (Å²) < 4.78 is 14.8. The number of fused-ring (bicyclic) bond motifs is 1. The van der Waals surface area contributed by atoms with Gasteiger partial charge in [0.25, 0.3) is 5.91 Å². The van der Waals surface area contributed by atoms with Gasteiger partial charge in [0.1, 0.15) is 10.7 Å². The molecule has 0 radical (unpaired) electrons. The van der Waals surface area contributed by atoms with E-state index in [-0.39, 0.29) is 11.7 Å². The molecule has 0 fully saturated rings. The van der Waals surface area contributed by atoms with E-state index in [9.17, 15) is 9.18 Å². The maximum atomic E-state index is 13.4. The molecule has 4 rings (SSSR count). The van der Waals surface area contributed by atoms with Gasteiger partial charge >= 0.3 is 0 Å². The summed E-state index contributed by atoms with van der Waals surface area (Å²) in [6.45, 7) is 2.07. The number of hydrogen-bond acceptors (Lipinski definition) is 6. The van der Waals surface area contributed by atoms with Gasteiger partial charge in [-0.1, -0.05) is 59.0 Å². The number of aromatic nitrogens is 2. The second-order valence-corrected chi connectivity index (χ2v) is 9.56. The van der Waals surface area contributed by atoms with Crippen molar-refractivity contribution in [1.82, 2.24) is 10.2 Å². The lowest BCUT2D eigenvalue weighted by Gasteiger charge is -2.02. The largest absolute Gasteiger partial charge is 0.296 e. The van der Waals surface area contributed by atoms with E-state index in [2.05, 4.69) is 34.6 Å². The van der Waals surface area contributed by atoms with E-state index in [4.69, 9.17) is 11.6 Å². The monoisotopic (exact) mass is 449 g/mol. The first-order valence-corrected chi connectivity index (χ1v) is 11.2. The highest BCUT2D eigenvalue weighted by Crippen LogP contribution is 2.36. The van der Waals surface area contributed by atoms with Crippen LogP contribution in [-0.2, 0) is 5.75 Å². The Balaban J connectivity index is 1.46. The fraction of sp³-hybridized carbons (Fsp3) is 0.105. The van der Waals surface area contributed by atoms with Gasteiger partial charge < -0.3 is 0 Å². The quantitative estimate of drug-likeness (QED) is 0.283. The van der Waals surface area contributed by atoms with E-state index in [0.29, 0.717) is 25.1 Å². The molecule has 0 aliphatic carbocycles. The first kappa shape index (κ1) is 19.3. The number of carbonyl (C=O) groups is 1.